The molecule has 0 atom stereocenters. The molecular weight excluding hydrogens is 349 g/mol. The molecule has 24 heavy (non-hydrogen) atoms. The third kappa shape index (κ3) is 5.87. The second kappa shape index (κ2) is 8.71. The summed E-state index contributed by atoms with van der Waals surface area (Å²) in [7, 11) is 0. The summed E-state index contributed by atoms with van der Waals surface area (Å²) in [5.41, 5.74) is 1.51. The van der Waals surface area contributed by atoms with E-state index < -0.39 is 5.97 Å². The number of hydrogen-bond donors (Lipinski definition) is 0. The Morgan fingerprint density at radius 3 is 2.50 bits per heavy atom. The summed E-state index contributed by atoms with van der Waals surface area (Å²) in [5, 5.41) is 1.05. The number of esters is 1. The van der Waals surface area contributed by atoms with Crippen molar-refractivity contribution in [1.82, 2.24) is 0 Å². The number of aliphatic imine (C=N–C) groups is 1. The summed E-state index contributed by atoms with van der Waals surface area (Å²) in [5.74, 6) is 0.186. The molecule has 0 unspecified atom stereocenters. The molecule has 0 saturated carbocycles. The topological polar surface area (TPSA) is 47.9 Å². The van der Waals surface area contributed by atoms with E-state index in [-0.39, 0.29) is 12.7 Å². The maximum absolute atomic E-state index is 11.4. The van der Waals surface area contributed by atoms with Crippen LogP contribution in [0.1, 0.15) is 19.4 Å². The van der Waals surface area contributed by atoms with Gasteiger partial charge in [-0.15, -0.1) is 0 Å². The van der Waals surface area contributed by atoms with Crippen molar-refractivity contribution in [2.24, 2.45) is 4.99 Å². The van der Waals surface area contributed by atoms with Gasteiger partial charge in [0.25, 0.3) is 0 Å². The van der Waals surface area contributed by atoms with E-state index in [2.05, 4.69) is 4.99 Å². The lowest BCUT2D eigenvalue weighted by Crippen LogP contribution is -2.18. The van der Waals surface area contributed by atoms with Crippen molar-refractivity contribution in [2.75, 3.05) is 6.61 Å². The Morgan fingerprint density at radius 1 is 1.17 bits per heavy atom. The summed E-state index contributed by atoms with van der Waals surface area (Å²) >= 11 is 11.9. The first kappa shape index (κ1) is 18.3. The van der Waals surface area contributed by atoms with Crippen molar-refractivity contribution in [3.05, 3.63) is 58.1 Å². The minimum atomic E-state index is -0.395. The van der Waals surface area contributed by atoms with Gasteiger partial charge >= 0.3 is 5.97 Å². The zero-order chi connectivity index (χ0) is 17.5. The molecule has 0 heterocycles. The van der Waals surface area contributed by atoms with Gasteiger partial charge < -0.3 is 9.47 Å². The minimum absolute atomic E-state index is 0.119. The molecule has 2 rings (SSSR count). The molecule has 0 amide bonds. The van der Waals surface area contributed by atoms with E-state index >= 15 is 0 Å². The van der Waals surface area contributed by atoms with Crippen molar-refractivity contribution in [1.29, 1.82) is 0 Å². The molecule has 6 heteroatoms. The molecule has 0 aliphatic rings. The largest absolute Gasteiger partial charge is 0.482 e. The molecule has 0 aliphatic heterocycles. The van der Waals surface area contributed by atoms with Crippen molar-refractivity contribution in [3.63, 3.8) is 0 Å². The van der Waals surface area contributed by atoms with Crippen LogP contribution in [0.25, 0.3) is 0 Å². The highest BCUT2D eigenvalue weighted by Crippen LogP contribution is 2.27. The van der Waals surface area contributed by atoms with Gasteiger partial charge in [-0.3, -0.25) is 4.99 Å². The van der Waals surface area contributed by atoms with Gasteiger partial charge in [0.15, 0.2) is 6.61 Å². The third-order valence-electron chi connectivity index (χ3n) is 2.87. The monoisotopic (exact) mass is 365 g/mol. The molecule has 0 bridgehead atoms. The zero-order valence-corrected chi connectivity index (χ0v) is 14.8. The molecule has 0 aromatic heterocycles. The number of carbonyl (C=O) groups excluding carboxylic acids is 1. The lowest BCUT2D eigenvalue weighted by Gasteiger charge is -2.09. The number of hydrogen-bond acceptors (Lipinski definition) is 4. The highest BCUT2D eigenvalue weighted by atomic mass is 35.5. The second-order valence-electron chi connectivity index (χ2n) is 5.25. The number of benzene rings is 2. The van der Waals surface area contributed by atoms with Crippen molar-refractivity contribution < 1.29 is 14.3 Å². The quantitative estimate of drug-likeness (QED) is 0.529. The summed E-state index contributed by atoms with van der Waals surface area (Å²) in [6.07, 6.45) is 1.53. The molecule has 0 saturated heterocycles. The molecule has 0 spiro atoms. The third-order valence-corrected chi connectivity index (χ3v) is 3.40. The first-order valence-corrected chi connectivity index (χ1v) is 8.11. The van der Waals surface area contributed by atoms with E-state index in [0.29, 0.717) is 21.5 Å². The number of ether oxygens (including phenoxy) is 2. The fourth-order valence-corrected chi connectivity index (χ4v) is 2.28. The van der Waals surface area contributed by atoms with E-state index in [1.54, 1.807) is 50.4 Å². The number of rotatable bonds is 6. The highest BCUT2D eigenvalue weighted by Gasteiger charge is 2.06. The summed E-state index contributed by atoms with van der Waals surface area (Å²) in [6, 6.07) is 12.3. The molecule has 2 aromatic rings. The molecule has 0 radical (unpaired) electrons. The van der Waals surface area contributed by atoms with E-state index in [1.165, 1.54) is 0 Å². The molecule has 0 aliphatic carbocycles. The first-order valence-electron chi connectivity index (χ1n) is 7.35. The summed E-state index contributed by atoms with van der Waals surface area (Å²) in [6.45, 7) is 3.46. The summed E-state index contributed by atoms with van der Waals surface area (Å²) in [4.78, 5) is 15.7. The van der Waals surface area contributed by atoms with Gasteiger partial charge in [-0.05, 0) is 61.9 Å². The van der Waals surface area contributed by atoms with Crippen LogP contribution in [0.4, 0.5) is 5.69 Å². The van der Waals surface area contributed by atoms with E-state index in [0.717, 1.165) is 5.56 Å². The van der Waals surface area contributed by atoms with Crippen molar-refractivity contribution in [2.45, 2.75) is 20.0 Å². The van der Waals surface area contributed by atoms with Gasteiger partial charge in [-0.1, -0.05) is 23.2 Å². The highest BCUT2D eigenvalue weighted by molar-refractivity contribution is 6.36. The fourth-order valence-electron chi connectivity index (χ4n) is 1.82. The summed E-state index contributed by atoms with van der Waals surface area (Å²) < 4.78 is 10.4. The lowest BCUT2D eigenvalue weighted by molar-refractivity contribution is -0.149. The van der Waals surface area contributed by atoms with Crippen LogP contribution in [0.2, 0.25) is 10.0 Å². The second-order valence-corrected chi connectivity index (χ2v) is 6.09. The van der Waals surface area contributed by atoms with Gasteiger partial charge in [0.05, 0.1) is 16.8 Å². The molecule has 4 nitrogen and oxygen atoms in total. The molecular formula is C18H17Cl2NO3. The van der Waals surface area contributed by atoms with Crippen LogP contribution >= 0.6 is 23.2 Å². The SMILES string of the molecule is CC(C)OC(=O)COc1ccc(C=Nc2ccc(Cl)cc2Cl)cc1. The van der Waals surface area contributed by atoms with Crippen LogP contribution in [0.5, 0.6) is 5.75 Å². The molecule has 2 aromatic carbocycles. The minimum Gasteiger partial charge on any atom is -0.482 e. The van der Waals surface area contributed by atoms with Gasteiger partial charge in [-0.2, -0.15) is 0 Å². The number of halogens is 2. The Balaban J connectivity index is 1.94. The van der Waals surface area contributed by atoms with Crippen molar-refractivity contribution in [3.8, 4) is 5.75 Å². The van der Waals surface area contributed by atoms with Crippen LogP contribution in [-0.4, -0.2) is 24.9 Å². The Labute approximate surface area is 151 Å². The smallest absolute Gasteiger partial charge is 0.344 e. The Hall–Kier alpha value is -2.04. The maximum Gasteiger partial charge on any atom is 0.344 e. The predicted octanol–water partition coefficient (Wildman–Crippen LogP) is 5.07. The maximum atomic E-state index is 11.4. The van der Waals surface area contributed by atoms with E-state index in [4.69, 9.17) is 32.7 Å². The average Bonchev–Trinajstić information content (AvgIpc) is 2.52. The number of nitrogens with zero attached hydrogens (tertiary/aromatic N) is 1. The van der Waals surface area contributed by atoms with Gasteiger partial charge in [0, 0.05) is 11.2 Å². The fraction of sp³-hybridized carbons (Fsp3) is 0.222. The van der Waals surface area contributed by atoms with Crippen LogP contribution in [0.15, 0.2) is 47.5 Å². The van der Waals surface area contributed by atoms with Crippen LogP contribution < -0.4 is 4.74 Å². The Kier molecular flexibility index (Phi) is 6.64. The lowest BCUT2D eigenvalue weighted by atomic mass is 10.2. The van der Waals surface area contributed by atoms with E-state index in [1.807, 2.05) is 12.1 Å². The van der Waals surface area contributed by atoms with Gasteiger partial charge in [0.2, 0.25) is 0 Å². The van der Waals surface area contributed by atoms with Gasteiger partial charge in [-0.25, -0.2) is 4.79 Å². The Morgan fingerprint density at radius 2 is 1.88 bits per heavy atom. The van der Waals surface area contributed by atoms with Gasteiger partial charge in [0.1, 0.15) is 5.75 Å². The molecule has 0 fully saturated rings. The standard InChI is InChI=1S/C18H17Cl2NO3/c1-12(2)24-18(22)11-23-15-6-3-13(4-7-15)10-21-17-8-5-14(19)9-16(17)20/h3-10,12H,11H2,1-2H3. The molecule has 126 valence electrons. The van der Waals surface area contributed by atoms with E-state index in [9.17, 15) is 4.79 Å². The Bertz CT molecular complexity index is 728. The molecule has 0 N–H and O–H groups in total. The first-order chi connectivity index (χ1) is 11.4. The van der Waals surface area contributed by atoms with Crippen molar-refractivity contribution >= 4 is 41.1 Å². The normalized spacial score (nSPS) is 11.0. The van der Waals surface area contributed by atoms with Crippen LogP contribution in [0, 0.1) is 0 Å². The van der Waals surface area contributed by atoms with Crippen LogP contribution in [-0.2, 0) is 9.53 Å². The zero-order valence-electron chi connectivity index (χ0n) is 13.3. The predicted molar refractivity (Wildman–Crippen MR) is 96.9 cm³/mol. The average molecular weight is 366 g/mol. The number of carbonyl (C=O) groups is 1. The van der Waals surface area contributed by atoms with Crippen LogP contribution in [0.3, 0.4) is 0 Å².